The summed E-state index contributed by atoms with van der Waals surface area (Å²) in [6, 6.07) is 10.9. The maximum absolute atomic E-state index is 13.8. The third-order valence-corrected chi connectivity index (χ3v) is 11.4. The molecule has 0 aliphatic carbocycles. The van der Waals surface area contributed by atoms with Crippen LogP contribution in [0.4, 0.5) is 0 Å². The van der Waals surface area contributed by atoms with E-state index in [1.165, 1.54) is 14.0 Å². The molecular weight excluding hydrogens is 694 g/mol. The van der Waals surface area contributed by atoms with Crippen molar-refractivity contribution < 1.29 is 63.6 Å². The van der Waals surface area contributed by atoms with Gasteiger partial charge in [0.2, 0.25) is 5.60 Å². The highest BCUT2D eigenvalue weighted by Crippen LogP contribution is 2.58. The Morgan fingerprint density at radius 1 is 0.981 bits per heavy atom. The summed E-state index contributed by atoms with van der Waals surface area (Å²) in [6.45, 7) is 2.45. The van der Waals surface area contributed by atoms with Crippen LogP contribution in [0.15, 0.2) is 36.4 Å². The summed E-state index contributed by atoms with van der Waals surface area (Å²) in [5, 5.41) is 58.7. The van der Waals surface area contributed by atoms with Gasteiger partial charge in [-0.1, -0.05) is 12.1 Å². The smallest absolute Gasteiger partial charge is 0.343 e. The lowest BCUT2D eigenvalue weighted by Gasteiger charge is -2.39. The maximum Gasteiger partial charge on any atom is 0.343 e. The van der Waals surface area contributed by atoms with Crippen molar-refractivity contribution in [1.82, 2.24) is 14.5 Å². The summed E-state index contributed by atoms with van der Waals surface area (Å²) >= 11 is 0. The largest absolute Gasteiger partial charge is 0.467 e. The number of aliphatic hydroxyl groups is 5. The molecule has 2 aromatic heterocycles. The Labute approximate surface area is 299 Å². The van der Waals surface area contributed by atoms with Crippen molar-refractivity contribution in [3.63, 3.8) is 0 Å². The summed E-state index contributed by atoms with van der Waals surface area (Å²) < 4.78 is 32.4. The molecule has 2 saturated heterocycles. The van der Waals surface area contributed by atoms with Crippen molar-refractivity contribution in [3.05, 3.63) is 58.7 Å². The lowest BCUT2D eigenvalue weighted by Crippen LogP contribution is -2.59. The van der Waals surface area contributed by atoms with Crippen LogP contribution >= 0.6 is 0 Å². The van der Waals surface area contributed by atoms with E-state index in [0.29, 0.717) is 65.9 Å². The minimum absolute atomic E-state index is 0.0168. The van der Waals surface area contributed by atoms with Crippen LogP contribution in [-0.2, 0) is 58.8 Å². The number of esters is 2. The Kier molecular flexibility index (Phi) is 7.52. The fourth-order valence-corrected chi connectivity index (χ4v) is 8.84. The SMILES string of the molecule is COC(=O)C1(O)CC2OC1(C)n1c3ccc(COC4OC(CO)C(O)C(O)C4O)cc3c3c4c(c5c6cc(COC(C)=O)ccc6n2c5c31)C(=O)NC4. The molecule has 5 aromatic rings. The number of rotatable bonds is 7. The summed E-state index contributed by atoms with van der Waals surface area (Å²) in [6.07, 6.45) is -8.28. The number of amides is 1. The lowest BCUT2D eigenvalue weighted by atomic mass is 9.88. The third-order valence-electron chi connectivity index (χ3n) is 11.4. The predicted octanol–water partition coefficient (Wildman–Crippen LogP) is 1.03. The fourth-order valence-electron chi connectivity index (χ4n) is 8.84. The van der Waals surface area contributed by atoms with Crippen LogP contribution in [0.5, 0.6) is 0 Å². The van der Waals surface area contributed by atoms with Gasteiger partial charge in [-0.05, 0) is 47.9 Å². The number of nitrogens with zero attached hydrogens (tertiary/aromatic N) is 2. The Morgan fingerprint density at radius 2 is 1.68 bits per heavy atom. The second-order valence-corrected chi connectivity index (χ2v) is 14.3. The highest BCUT2D eigenvalue weighted by molar-refractivity contribution is 6.31. The molecule has 0 radical (unpaired) electrons. The molecule has 8 unspecified atom stereocenters. The standard InChI is InChI=1S/C37H37N3O13/c1-15(42)50-13-16-4-6-21-18(8-16)26-27-20(11-38-33(27)46)25-19-9-17(14-51-34-32(45)31(44)30(43)23(12-41)52-34)5-7-22(19)40-29(25)28(26)39(21)24-10-37(48,35(47)49-3)36(40,2)53-24/h4-9,23-24,30-32,34,41,43-45,48H,10-14H2,1-3H3,(H,38,46). The number of carbonyl (C=O) groups excluding carboxylic acids is 3. The van der Waals surface area contributed by atoms with Crippen molar-refractivity contribution >= 4 is 61.5 Å². The molecule has 6 N–H and O–H groups in total. The van der Waals surface area contributed by atoms with Crippen LogP contribution in [0.25, 0.3) is 43.6 Å². The molecule has 16 heteroatoms. The minimum Gasteiger partial charge on any atom is -0.467 e. The first-order valence-electron chi connectivity index (χ1n) is 17.2. The average Bonchev–Trinajstić information content (AvgIpc) is 3.85. The van der Waals surface area contributed by atoms with Crippen LogP contribution in [0, 0.1) is 0 Å². The summed E-state index contributed by atoms with van der Waals surface area (Å²) in [7, 11) is 1.21. The number of hydrogen-bond donors (Lipinski definition) is 6. The number of carbonyl (C=O) groups is 3. The lowest BCUT2D eigenvalue weighted by molar-refractivity contribution is -0.304. The molecule has 53 heavy (non-hydrogen) atoms. The van der Waals surface area contributed by atoms with E-state index in [4.69, 9.17) is 23.7 Å². The molecule has 278 valence electrons. The van der Waals surface area contributed by atoms with Gasteiger partial charge in [-0.15, -0.1) is 0 Å². The van der Waals surface area contributed by atoms with Crippen LogP contribution in [0.3, 0.4) is 0 Å². The van der Waals surface area contributed by atoms with E-state index in [2.05, 4.69) is 5.32 Å². The Bertz CT molecular complexity index is 2420. The normalized spacial score (nSPS) is 30.4. The van der Waals surface area contributed by atoms with E-state index < -0.39 is 66.8 Å². The number of ether oxygens (including phenoxy) is 5. The van der Waals surface area contributed by atoms with E-state index >= 15 is 0 Å². The summed E-state index contributed by atoms with van der Waals surface area (Å²) in [5.41, 5.74) is 1.13. The van der Waals surface area contributed by atoms with Crippen molar-refractivity contribution in [1.29, 1.82) is 0 Å². The van der Waals surface area contributed by atoms with Crippen LogP contribution < -0.4 is 5.32 Å². The molecule has 0 saturated carbocycles. The molecule has 3 aromatic carbocycles. The first-order chi connectivity index (χ1) is 25.3. The zero-order valence-corrected chi connectivity index (χ0v) is 28.9. The van der Waals surface area contributed by atoms with E-state index in [-0.39, 0.29) is 32.1 Å². The summed E-state index contributed by atoms with van der Waals surface area (Å²) in [5.74, 6) is -1.59. The molecule has 4 aliphatic rings. The molecule has 4 aliphatic heterocycles. The molecule has 9 rings (SSSR count). The fraction of sp³-hybridized carbons (Fsp3) is 0.432. The Morgan fingerprint density at radius 3 is 2.38 bits per heavy atom. The van der Waals surface area contributed by atoms with Crippen molar-refractivity contribution in [3.8, 4) is 0 Å². The van der Waals surface area contributed by atoms with E-state index in [1.807, 2.05) is 33.4 Å². The highest BCUT2D eigenvalue weighted by atomic mass is 16.7. The quantitative estimate of drug-likeness (QED) is 0.129. The molecule has 2 bridgehead atoms. The van der Waals surface area contributed by atoms with Gasteiger partial charge in [0.05, 0.1) is 48.0 Å². The number of nitrogens with one attached hydrogen (secondary N) is 1. The number of hydrogen-bond acceptors (Lipinski definition) is 13. The molecular formula is C37H37N3O13. The molecule has 0 spiro atoms. The topological polar surface area (TPSA) is 220 Å². The number of fused-ring (bicyclic) bond motifs is 13. The van der Waals surface area contributed by atoms with Gasteiger partial charge in [-0.25, -0.2) is 4.79 Å². The van der Waals surface area contributed by atoms with Crippen molar-refractivity contribution in [2.24, 2.45) is 0 Å². The molecule has 16 nitrogen and oxygen atoms in total. The van der Waals surface area contributed by atoms with Gasteiger partial charge in [0.15, 0.2) is 12.0 Å². The first kappa shape index (κ1) is 34.1. The van der Waals surface area contributed by atoms with Gasteiger partial charge in [0.1, 0.15) is 37.3 Å². The van der Waals surface area contributed by atoms with Gasteiger partial charge in [0, 0.05) is 41.4 Å². The zero-order valence-electron chi connectivity index (χ0n) is 28.9. The van der Waals surface area contributed by atoms with Gasteiger partial charge in [-0.3, -0.25) is 9.59 Å². The van der Waals surface area contributed by atoms with Crippen LogP contribution in [0.1, 0.15) is 53.5 Å². The summed E-state index contributed by atoms with van der Waals surface area (Å²) in [4.78, 5) is 39.0. The van der Waals surface area contributed by atoms with Crippen molar-refractivity contribution in [2.75, 3.05) is 13.7 Å². The molecule has 2 fully saturated rings. The number of benzene rings is 3. The minimum atomic E-state index is -2.15. The van der Waals surface area contributed by atoms with Gasteiger partial charge in [0.25, 0.3) is 5.91 Å². The predicted molar refractivity (Wildman–Crippen MR) is 183 cm³/mol. The average molecular weight is 732 g/mol. The van der Waals surface area contributed by atoms with E-state index in [9.17, 15) is 39.9 Å². The van der Waals surface area contributed by atoms with Gasteiger partial charge in [-0.2, -0.15) is 0 Å². The Balaban J connectivity index is 1.31. The zero-order chi connectivity index (χ0) is 37.3. The van der Waals surface area contributed by atoms with E-state index in [1.54, 1.807) is 19.1 Å². The molecule has 1 amide bonds. The maximum atomic E-state index is 13.8. The van der Waals surface area contributed by atoms with Crippen LogP contribution in [-0.4, -0.2) is 103 Å². The van der Waals surface area contributed by atoms with E-state index in [0.717, 1.165) is 0 Å². The second kappa shape index (κ2) is 11.7. The van der Waals surface area contributed by atoms with Gasteiger partial charge < -0.3 is 63.7 Å². The number of aliphatic hydroxyl groups excluding tert-OH is 4. The van der Waals surface area contributed by atoms with Crippen molar-refractivity contribution in [2.45, 2.75) is 88.3 Å². The third kappa shape index (κ3) is 4.49. The first-order valence-corrected chi connectivity index (χ1v) is 17.2. The second-order valence-electron chi connectivity index (χ2n) is 14.3. The van der Waals surface area contributed by atoms with Gasteiger partial charge >= 0.3 is 11.9 Å². The van der Waals surface area contributed by atoms with Crippen LogP contribution in [0.2, 0.25) is 0 Å². The molecule has 8 atom stereocenters. The monoisotopic (exact) mass is 731 g/mol. The highest BCUT2D eigenvalue weighted by Gasteiger charge is 2.66. The number of aromatic nitrogens is 2. The Hall–Kier alpha value is -4.65. The number of methoxy groups -OCH3 is 1. The molecule has 6 heterocycles.